The Kier molecular flexibility index (Phi) is 5.48. The number of carbonyl (C=O) groups is 3. The van der Waals surface area contributed by atoms with Crippen LogP contribution in [0.2, 0.25) is 0 Å². The predicted molar refractivity (Wildman–Crippen MR) is 116 cm³/mol. The second kappa shape index (κ2) is 8.37. The Morgan fingerprint density at radius 2 is 1.70 bits per heavy atom. The van der Waals surface area contributed by atoms with Crippen molar-refractivity contribution in [1.82, 2.24) is 10.2 Å². The molecule has 2 N–H and O–H groups in total. The van der Waals surface area contributed by atoms with Crippen molar-refractivity contribution in [3.63, 3.8) is 0 Å². The van der Waals surface area contributed by atoms with Gasteiger partial charge in [0, 0.05) is 17.5 Å². The van der Waals surface area contributed by atoms with Crippen LogP contribution >= 0.6 is 0 Å². The standard InChI is InChI=1S/C24H23N3O3/c1-16(17-8-3-2-4-9-17)27-23(29)21(26-24(27)30)14-15-22(28)25-20-13-7-11-18-10-5-6-12-19(18)20/h2-13,16,21H,14-15H2,1H3,(H,25,28)(H,26,30)/t16-,21-/m1/s1. The Labute approximate surface area is 174 Å². The van der Waals surface area contributed by atoms with Gasteiger partial charge in [0.15, 0.2) is 0 Å². The van der Waals surface area contributed by atoms with E-state index in [0.29, 0.717) is 0 Å². The number of benzene rings is 3. The molecular weight excluding hydrogens is 378 g/mol. The molecule has 30 heavy (non-hydrogen) atoms. The summed E-state index contributed by atoms with van der Waals surface area (Å²) in [5.74, 6) is -0.489. The molecule has 1 aliphatic rings. The lowest BCUT2D eigenvalue weighted by Crippen LogP contribution is -2.34. The average Bonchev–Trinajstić information content (AvgIpc) is 3.05. The van der Waals surface area contributed by atoms with Crippen LogP contribution in [0, 0.1) is 0 Å². The first-order chi connectivity index (χ1) is 14.5. The van der Waals surface area contributed by atoms with Crippen molar-refractivity contribution in [2.45, 2.75) is 31.8 Å². The Balaban J connectivity index is 1.38. The Hall–Kier alpha value is -3.67. The molecule has 0 bridgehead atoms. The van der Waals surface area contributed by atoms with Gasteiger partial charge in [-0.1, -0.05) is 66.7 Å². The fraction of sp³-hybridized carbons (Fsp3) is 0.208. The third-order valence-corrected chi connectivity index (χ3v) is 5.45. The lowest BCUT2D eigenvalue weighted by molar-refractivity contribution is -0.129. The van der Waals surface area contributed by atoms with Crippen molar-refractivity contribution in [1.29, 1.82) is 0 Å². The van der Waals surface area contributed by atoms with Crippen LogP contribution in [-0.2, 0) is 9.59 Å². The van der Waals surface area contributed by atoms with E-state index >= 15 is 0 Å². The van der Waals surface area contributed by atoms with Crippen LogP contribution in [0.3, 0.4) is 0 Å². The van der Waals surface area contributed by atoms with Gasteiger partial charge < -0.3 is 10.6 Å². The van der Waals surface area contributed by atoms with E-state index in [1.54, 1.807) is 0 Å². The first-order valence-electron chi connectivity index (χ1n) is 10.0. The van der Waals surface area contributed by atoms with Gasteiger partial charge in [-0.25, -0.2) is 4.79 Å². The van der Waals surface area contributed by atoms with Crippen molar-refractivity contribution in [3.05, 3.63) is 78.4 Å². The van der Waals surface area contributed by atoms with Crippen LogP contribution in [0.15, 0.2) is 72.8 Å². The summed E-state index contributed by atoms with van der Waals surface area (Å²) in [4.78, 5) is 38.9. The molecule has 6 heteroatoms. The van der Waals surface area contributed by atoms with Crippen LogP contribution in [-0.4, -0.2) is 28.8 Å². The van der Waals surface area contributed by atoms with Gasteiger partial charge >= 0.3 is 6.03 Å². The summed E-state index contributed by atoms with van der Waals surface area (Å²) in [7, 11) is 0. The van der Waals surface area contributed by atoms with Crippen molar-refractivity contribution >= 4 is 34.3 Å². The highest BCUT2D eigenvalue weighted by Crippen LogP contribution is 2.26. The van der Waals surface area contributed by atoms with E-state index in [2.05, 4.69) is 10.6 Å². The molecule has 0 radical (unpaired) electrons. The topological polar surface area (TPSA) is 78.5 Å². The van der Waals surface area contributed by atoms with E-state index in [-0.39, 0.29) is 30.7 Å². The maximum Gasteiger partial charge on any atom is 0.325 e. The highest BCUT2D eigenvalue weighted by atomic mass is 16.2. The summed E-state index contributed by atoms with van der Waals surface area (Å²) in [5, 5.41) is 7.63. The smallest absolute Gasteiger partial charge is 0.325 e. The minimum Gasteiger partial charge on any atom is -0.326 e. The normalized spacial score (nSPS) is 17.1. The van der Waals surface area contributed by atoms with E-state index in [1.807, 2.05) is 79.7 Å². The van der Waals surface area contributed by atoms with Gasteiger partial charge in [-0.3, -0.25) is 14.5 Å². The maximum absolute atomic E-state index is 12.8. The first-order valence-corrected chi connectivity index (χ1v) is 10.0. The number of fused-ring (bicyclic) bond motifs is 1. The minimum absolute atomic E-state index is 0.132. The monoisotopic (exact) mass is 401 g/mol. The molecule has 0 aliphatic carbocycles. The molecule has 4 amide bonds. The molecule has 0 aromatic heterocycles. The molecule has 3 aromatic carbocycles. The van der Waals surface area contributed by atoms with Crippen LogP contribution in [0.4, 0.5) is 10.5 Å². The lowest BCUT2D eigenvalue weighted by Gasteiger charge is -2.21. The summed E-state index contributed by atoms with van der Waals surface area (Å²) in [6.45, 7) is 1.82. The summed E-state index contributed by atoms with van der Waals surface area (Å²) < 4.78 is 0. The summed E-state index contributed by atoms with van der Waals surface area (Å²) in [6.07, 6.45) is 0.382. The molecule has 152 valence electrons. The van der Waals surface area contributed by atoms with Gasteiger partial charge in [0.25, 0.3) is 5.91 Å². The molecule has 3 aromatic rings. The van der Waals surface area contributed by atoms with Crippen molar-refractivity contribution < 1.29 is 14.4 Å². The van der Waals surface area contributed by atoms with Crippen LogP contribution in [0.5, 0.6) is 0 Å². The number of imide groups is 1. The highest BCUT2D eigenvalue weighted by Gasteiger charge is 2.40. The van der Waals surface area contributed by atoms with E-state index < -0.39 is 12.1 Å². The SMILES string of the molecule is C[C@H](c1ccccc1)N1C(=O)N[C@H](CCC(=O)Nc2cccc3ccccc23)C1=O. The number of urea groups is 1. The Bertz CT molecular complexity index is 1090. The third-order valence-electron chi connectivity index (χ3n) is 5.45. The average molecular weight is 401 g/mol. The van der Waals surface area contributed by atoms with Crippen LogP contribution in [0.1, 0.15) is 31.4 Å². The van der Waals surface area contributed by atoms with Crippen molar-refractivity contribution in [2.24, 2.45) is 0 Å². The summed E-state index contributed by atoms with van der Waals surface area (Å²) in [5.41, 5.74) is 1.62. The molecule has 0 unspecified atom stereocenters. The third kappa shape index (κ3) is 3.89. The molecule has 1 saturated heterocycles. The lowest BCUT2D eigenvalue weighted by atomic mass is 10.1. The van der Waals surface area contributed by atoms with Gasteiger partial charge in [0.05, 0.1) is 6.04 Å². The molecule has 6 nitrogen and oxygen atoms in total. The van der Waals surface area contributed by atoms with Crippen LogP contribution in [0.25, 0.3) is 10.8 Å². The maximum atomic E-state index is 12.8. The molecular formula is C24H23N3O3. The number of nitrogens with one attached hydrogen (secondary N) is 2. The van der Waals surface area contributed by atoms with E-state index in [0.717, 1.165) is 22.0 Å². The van der Waals surface area contributed by atoms with E-state index in [9.17, 15) is 14.4 Å². The van der Waals surface area contributed by atoms with Gasteiger partial charge in [0.2, 0.25) is 5.91 Å². The van der Waals surface area contributed by atoms with E-state index in [1.165, 1.54) is 4.90 Å². The number of amides is 4. The number of nitrogens with zero attached hydrogens (tertiary/aromatic N) is 1. The quantitative estimate of drug-likeness (QED) is 0.607. The highest BCUT2D eigenvalue weighted by molar-refractivity contribution is 6.05. The fourth-order valence-electron chi connectivity index (χ4n) is 3.81. The van der Waals surface area contributed by atoms with Gasteiger partial charge in [-0.2, -0.15) is 0 Å². The molecule has 0 spiro atoms. The van der Waals surface area contributed by atoms with Gasteiger partial charge in [-0.15, -0.1) is 0 Å². The molecule has 1 heterocycles. The first kappa shape index (κ1) is 19.6. The zero-order chi connectivity index (χ0) is 21.1. The number of anilines is 1. The zero-order valence-corrected chi connectivity index (χ0v) is 16.7. The Morgan fingerprint density at radius 1 is 1.00 bits per heavy atom. The molecule has 0 saturated carbocycles. The second-order valence-electron chi connectivity index (χ2n) is 7.41. The number of rotatable bonds is 6. The largest absolute Gasteiger partial charge is 0.326 e. The molecule has 2 atom stereocenters. The number of hydrogen-bond acceptors (Lipinski definition) is 3. The predicted octanol–water partition coefficient (Wildman–Crippen LogP) is 4.24. The summed E-state index contributed by atoms with van der Waals surface area (Å²) >= 11 is 0. The molecule has 1 aliphatic heterocycles. The van der Waals surface area contributed by atoms with Crippen molar-refractivity contribution in [3.8, 4) is 0 Å². The number of hydrogen-bond donors (Lipinski definition) is 2. The van der Waals surface area contributed by atoms with Crippen molar-refractivity contribution in [2.75, 3.05) is 5.32 Å². The van der Waals surface area contributed by atoms with Gasteiger partial charge in [0.1, 0.15) is 6.04 Å². The fourth-order valence-corrected chi connectivity index (χ4v) is 3.81. The van der Waals surface area contributed by atoms with E-state index in [4.69, 9.17) is 0 Å². The second-order valence-corrected chi connectivity index (χ2v) is 7.41. The summed E-state index contributed by atoms with van der Waals surface area (Å²) in [6, 6.07) is 21.5. The Morgan fingerprint density at radius 3 is 2.50 bits per heavy atom. The molecule has 4 rings (SSSR count). The minimum atomic E-state index is -0.693. The van der Waals surface area contributed by atoms with Crippen LogP contribution < -0.4 is 10.6 Å². The van der Waals surface area contributed by atoms with Gasteiger partial charge in [-0.05, 0) is 30.4 Å². The zero-order valence-electron chi connectivity index (χ0n) is 16.7. The molecule has 1 fully saturated rings. The number of carbonyl (C=O) groups excluding carboxylic acids is 3.